The number of nitrogens with zero attached hydrogens (tertiary/aromatic N) is 4. The number of thioether (sulfide) groups is 1. The topological polar surface area (TPSA) is 54.5 Å². The van der Waals surface area contributed by atoms with Gasteiger partial charge in [0.25, 0.3) is 0 Å². The second-order valence-corrected chi connectivity index (χ2v) is 9.42. The summed E-state index contributed by atoms with van der Waals surface area (Å²) in [5.74, 6) is 1.89. The summed E-state index contributed by atoms with van der Waals surface area (Å²) in [6.07, 6.45) is 7.07. The molecule has 4 nitrogen and oxygen atoms in total. The van der Waals surface area contributed by atoms with Gasteiger partial charge in [0.1, 0.15) is 5.82 Å². The van der Waals surface area contributed by atoms with Crippen molar-refractivity contribution in [2.45, 2.75) is 55.5 Å². The van der Waals surface area contributed by atoms with Gasteiger partial charge in [0, 0.05) is 18.2 Å². The maximum Gasteiger partial charge on any atom is 0.191 e. The third-order valence-corrected chi connectivity index (χ3v) is 7.37. The van der Waals surface area contributed by atoms with Crippen LogP contribution in [-0.4, -0.2) is 14.8 Å². The predicted octanol–water partition coefficient (Wildman–Crippen LogP) is 6.69. The van der Waals surface area contributed by atoms with Crippen LogP contribution in [0.15, 0.2) is 71.9 Å². The molecule has 0 bridgehead atoms. The molecule has 4 aromatic rings. The second-order valence-electron chi connectivity index (χ2n) is 8.47. The number of fused-ring (bicyclic) bond motifs is 1. The molecule has 0 amide bonds. The summed E-state index contributed by atoms with van der Waals surface area (Å²) in [7, 11) is 0. The van der Waals surface area contributed by atoms with Gasteiger partial charge in [-0.3, -0.25) is 0 Å². The Labute approximate surface area is 193 Å². The van der Waals surface area contributed by atoms with Gasteiger partial charge in [0.2, 0.25) is 0 Å². The Hall–Kier alpha value is -3.10. The van der Waals surface area contributed by atoms with Crippen molar-refractivity contribution in [2.75, 3.05) is 0 Å². The predicted molar refractivity (Wildman–Crippen MR) is 130 cm³/mol. The van der Waals surface area contributed by atoms with Gasteiger partial charge in [-0.25, -0.2) is 0 Å². The van der Waals surface area contributed by atoms with Crippen molar-refractivity contribution in [1.82, 2.24) is 14.8 Å². The van der Waals surface area contributed by atoms with Gasteiger partial charge < -0.3 is 4.57 Å². The molecule has 0 saturated heterocycles. The lowest BCUT2D eigenvalue weighted by molar-refractivity contribution is 0.330. The smallest absolute Gasteiger partial charge is 0.191 e. The van der Waals surface area contributed by atoms with E-state index in [1.54, 1.807) is 11.8 Å². The lowest BCUT2D eigenvalue weighted by Crippen LogP contribution is -2.17. The van der Waals surface area contributed by atoms with Crippen LogP contribution in [-0.2, 0) is 12.2 Å². The molecule has 1 aliphatic rings. The van der Waals surface area contributed by atoms with Gasteiger partial charge in [0.05, 0.1) is 11.6 Å². The van der Waals surface area contributed by atoms with Crippen LogP contribution in [0.3, 0.4) is 0 Å². The summed E-state index contributed by atoms with van der Waals surface area (Å²) >= 11 is 1.75. The molecule has 1 heterocycles. The van der Waals surface area contributed by atoms with Crippen LogP contribution in [0.5, 0.6) is 0 Å². The van der Waals surface area contributed by atoms with E-state index in [0.29, 0.717) is 11.6 Å². The van der Waals surface area contributed by atoms with E-state index in [4.69, 9.17) is 5.26 Å². The Kier molecular flexibility index (Phi) is 6.22. The molecule has 1 saturated carbocycles. The molecule has 32 heavy (non-hydrogen) atoms. The van der Waals surface area contributed by atoms with Gasteiger partial charge in [-0.05, 0) is 46.9 Å². The SMILES string of the molecule is N#Cc1ccc(CSc2nnc(Cc3cccc4ccccc34)n2C2CCCCC2)cc1. The minimum absolute atomic E-state index is 0.479. The molecule has 1 aromatic heterocycles. The largest absolute Gasteiger partial charge is 0.303 e. The molecule has 5 heteroatoms. The fraction of sp³-hybridized carbons (Fsp3) is 0.296. The van der Waals surface area contributed by atoms with Gasteiger partial charge in [-0.15, -0.1) is 10.2 Å². The van der Waals surface area contributed by atoms with Crippen molar-refractivity contribution >= 4 is 22.5 Å². The normalized spacial score (nSPS) is 14.5. The van der Waals surface area contributed by atoms with Crippen molar-refractivity contribution in [2.24, 2.45) is 0 Å². The molecule has 0 unspecified atom stereocenters. The van der Waals surface area contributed by atoms with Gasteiger partial charge >= 0.3 is 0 Å². The number of hydrogen-bond acceptors (Lipinski definition) is 4. The van der Waals surface area contributed by atoms with Crippen molar-refractivity contribution in [3.63, 3.8) is 0 Å². The first-order chi connectivity index (χ1) is 15.8. The van der Waals surface area contributed by atoms with Crippen LogP contribution < -0.4 is 0 Å². The van der Waals surface area contributed by atoms with Crippen LogP contribution >= 0.6 is 11.8 Å². The Bertz CT molecular complexity index is 1240. The van der Waals surface area contributed by atoms with Crippen molar-refractivity contribution in [1.29, 1.82) is 5.26 Å². The zero-order valence-electron chi connectivity index (χ0n) is 18.1. The number of nitriles is 1. The third-order valence-electron chi connectivity index (χ3n) is 6.35. The molecule has 160 valence electrons. The Morgan fingerprint density at radius 3 is 2.50 bits per heavy atom. The van der Waals surface area contributed by atoms with Crippen LogP contribution in [0, 0.1) is 11.3 Å². The number of hydrogen-bond donors (Lipinski definition) is 0. The molecule has 1 fully saturated rings. The highest BCUT2D eigenvalue weighted by Gasteiger charge is 2.23. The molecular weight excluding hydrogens is 412 g/mol. The number of benzene rings is 3. The van der Waals surface area contributed by atoms with E-state index in [1.807, 2.05) is 24.3 Å². The van der Waals surface area contributed by atoms with E-state index in [-0.39, 0.29) is 0 Å². The molecule has 1 aliphatic carbocycles. The first kappa shape index (κ1) is 20.8. The van der Waals surface area contributed by atoms with Gasteiger partial charge in [-0.2, -0.15) is 5.26 Å². The summed E-state index contributed by atoms with van der Waals surface area (Å²) in [5, 5.41) is 21.9. The van der Waals surface area contributed by atoms with Crippen LogP contribution in [0.1, 0.15) is 60.7 Å². The summed E-state index contributed by atoms with van der Waals surface area (Å²) in [6, 6.07) is 25.6. The summed E-state index contributed by atoms with van der Waals surface area (Å²) < 4.78 is 2.43. The quantitative estimate of drug-likeness (QED) is 0.315. The molecule has 0 aliphatic heterocycles. The second kappa shape index (κ2) is 9.58. The van der Waals surface area contributed by atoms with E-state index < -0.39 is 0 Å². The first-order valence-corrected chi connectivity index (χ1v) is 12.3. The fourth-order valence-corrected chi connectivity index (χ4v) is 5.65. The average molecular weight is 439 g/mol. The summed E-state index contributed by atoms with van der Waals surface area (Å²) in [6.45, 7) is 0. The van der Waals surface area contributed by atoms with E-state index in [9.17, 15) is 0 Å². The summed E-state index contributed by atoms with van der Waals surface area (Å²) in [4.78, 5) is 0. The lowest BCUT2D eigenvalue weighted by Gasteiger charge is -2.25. The first-order valence-electron chi connectivity index (χ1n) is 11.3. The molecular formula is C27H26N4S. The fourth-order valence-electron chi connectivity index (χ4n) is 4.67. The van der Waals surface area contributed by atoms with Crippen molar-refractivity contribution in [3.8, 4) is 6.07 Å². The highest BCUT2D eigenvalue weighted by Crippen LogP contribution is 2.34. The minimum Gasteiger partial charge on any atom is -0.303 e. The maximum atomic E-state index is 9.03. The zero-order chi connectivity index (χ0) is 21.8. The van der Waals surface area contributed by atoms with Crippen LogP contribution in [0.2, 0.25) is 0 Å². The molecule has 3 aromatic carbocycles. The lowest BCUT2D eigenvalue weighted by atomic mass is 9.95. The highest BCUT2D eigenvalue weighted by molar-refractivity contribution is 7.98. The van der Waals surface area contributed by atoms with Crippen molar-refractivity contribution < 1.29 is 0 Å². The Morgan fingerprint density at radius 1 is 0.906 bits per heavy atom. The highest BCUT2D eigenvalue weighted by atomic mass is 32.2. The number of aromatic nitrogens is 3. The molecule has 0 radical (unpaired) electrons. The average Bonchev–Trinajstić information content (AvgIpc) is 3.26. The maximum absolute atomic E-state index is 9.03. The van der Waals surface area contributed by atoms with Gasteiger partial charge in [0.15, 0.2) is 5.16 Å². The molecule has 0 N–H and O–H groups in total. The van der Waals surface area contributed by atoms with E-state index in [0.717, 1.165) is 23.2 Å². The van der Waals surface area contributed by atoms with E-state index in [1.165, 1.54) is 54.0 Å². The Balaban J connectivity index is 1.44. The number of rotatable bonds is 6. The zero-order valence-corrected chi connectivity index (χ0v) is 18.9. The molecule has 5 rings (SSSR count). The van der Waals surface area contributed by atoms with Crippen LogP contribution in [0.25, 0.3) is 10.8 Å². The van der Waals surface area contributed by atoms with E-state index >= 15 is 0 Å². The Morgan fingerprint density at radius 2 is 1.69 bits per heavy atom. The van der Waals surface area contributed by atoms with Gasteiger partial charge in [-0.1, -0.05) is 85.6 Å². The molecule has 0 atom stereocenters. The standard InChI is InChI=1S/C27H26N4S/c28-18-20-13-15-21(16-14-20)19-32-27-30-29-26(31(27)24-10-2-1-3-11-24)17-23-9-6-8-22-7-4-5-12-25(22)23/h4-9,12-16,24H,1-3,10-11,17,19H2. The third kappa shape index (κ3) is 4.42. The monoisotopic (exact) mass is 438 g/mol. The minimum atomic E-state index is 0.479. The van der Waals surface area contributed by atoms with E-state index in [2.05, 4.69) is 63.3 Å². The molecule has 0 spiro atoms. The van der Waals surface area contributed by atoms with Crippen molar-refractivity contribution in [3.05, 3.63) is 89.2 Å². The summed E-state index contributed by atoms with van der Waals surface area (Å²) in [5.41, 5.74) is 3.19. The van der Waals surface area contributed by atoms with Crippen LogP contribution in [0.4, 0.5) is 0 Å².